The van der Waals surface area contributed by atoms with E-state index in [4.69, 9.17) is 23.2 Å². The molecule has 0 fully saturated rings. The maximum absolute atomic E-state index is 12.6. The van der Waals surface area contributed by atoms with Crippen molar-refractivity contribution in [2.45, 2.75) is 19.4 Å². The van der Waals surface area contributed by atoms with Gasteiger partial charge in [0.25, 0.3) is 5.91 Å². The van der Waals surface area contributed by atoms with Crippen LogP contribution in [-0.4, -0.2) is 28.9 Å². The lowest BCUT2D eigenvalue weighted by molar-refractivity contribution is -0.139. The monoisotopic (exact) mass is 470 g/mol. The fraction of sp³-hybridized carbons (Fsp3) is 0.125. The summed E-state index contributed by atoms with van der Waals surface area (Å²) in [7, 11) is 0. The highest BCUT2D eigenvalue weighted by Gasteiger charge is 2.24. The van der Waals surface area contributed by atoms with E-state index in [1.54, 1.807) is 18.2 Å². The number of carbonyl (C=O) groups is 3. The minimum absolute atomic E-state index is 0.00913. The second-order valence-corrected chi connectivity index (χ2v) is 7.91. The molecule has 6 nitrogen and oxygen atoms in total. The molecule has 0 saturated heterocycles. The molecule has 1 atom stereocenters. The summed E-state index contributed by atoms with van der Waals surface area (Å²) in [5.74, 6) is -2.15. The largest absolute Gasteiger partial charge is 0.480 e. The summed E-state index contributed by atoms with van der Waals surface area (Å²) < 4.78 is 0. The molecule has 0 aliphatic rings. The number of rotatable bonds is 7. The molecule has 0 unspecified atom stereocenters. The molecule has 0 bridgehead atoms. The Morgan fingerprint density at radius 1 is 0.938 bits per heavy atom. The van der Waals surface area contributed by atoms with Gasteiger partial charge in [0.1, 0.15) is 6.04 Å². The number of carboxylic acids is 1. The topological polar surface area (TPSA) is 95.5 Å². The maximum atomic E-state index is 12.6. The van der Waals surface area contributed by atoms with Gasteiger partial charge < -0.3 is 15.7 Å². The number of carboxylic acid groups (broad SMARTS) is 1. The molecule has 3 rings (SSSR count). The summed E-state index contributed by atoms with van der Waals surface area (Å²) >= 11 is 12.1. The molecule has 0 heterocycles. The zero-order chi connectivity index (χ0) is 23.3. The Balaban J connectivity index is 1.88. The number of aliphatic carboxylic acids is 1. The first kappa shape index (κ1) is 23.3. The van der Waals surface area contributed by atoms with Crippen LogP contribution in [0.5, 0.6) is 0 Å². The first-order chi connectivity index (χ1) is 15.3. The van der Waals surface area contributed by atoms with Crippen LogP contribution >= 0.6 is 23.2 Å². The van der Waals surface area contributed by atoms with E-state index in [1.165, 1.54) is 19.1 Å². The summed E-state index contributed by atoms with van der Waals surface area (Å²) in [5, 5.41) is 15.2. The average molecular weight is 471 g/mol. The van der Waals surface area contributed by atoms with E-state index >= 15 is 0 Å². The van der Waals surface area contributed by atoms with Crippen LogP contribution in [-0.2, 0) is 16.0 Å². The second-order valence-electron chi connectivity index (χ2n) is 7.09. The standard InChI is InChI=1S/C24H20Cl2N2O4/c1-14(29)27-20-12-15(10-11-17(20)16-6-3-2-4-7-16)13-21(24(31)32)28-23(30)22-18(25)8-5-9-19(22)26/h2-12,21H,13H2,1H3,(H,27,29)(H,28,30)(H,31,32)/t21-/m0/s1. The number of amides is 2. The summed E-state index contributed by atoms with van der Waals surface area (Å²) in [6.45, 7) is 1.40. The highest BCUT2D eigenvalue weighted by Crippen LogP contribution is 2.30. The smallest absolute Gasteiger partial charge is 0.326 e. The number of carbonyl (C=O) groups excluding carboxylic acids is 2. The molecular weight excluding hydrogens is 451 g/mol. The van der Waals surface area contributed by atoms with Gasteiger partial charge in [0.15, 0.2) is 0 Å². The third kappa shape index (κ3) is 5.66. The highest BCUT2D eigenvalue weighted by molar-refractivity contribution is 6.39. The van der Waals surface area contributed by atoms with E-state index in [1.807, 2.05) is 36.4 Å². The number of anilines is 1. The fourth-order valence-electron chi connectivity index (χ4n) is 3.26. The minimum Gasteiger partial charge on any atom is -0.480 e. The molecule has 0 aromatic heterocycles. The number of benzene rings is 3. The van der Waals surface area contributed by atoms with Crippen molar-refractivity contribution in [3.63, 3.8) is 0 Å². The van der Waals surface area contributed by atoms with Crippen LogP contribution in [0.1, 0.15) is 22.8 Å². The molecule has 32 heavy (non-hydrogen) atoms. The van der Waals surface area contributed by atoms with E-state index in [2.05, 4.69) is 10.6 Å². The quantitative estimate of drug-likeness (QED) is 0.450. The Kier molecular flexibility index (Phi) is 7.51. The van der Waals surface area contributed by atoms with Crippen molar-refractivity contribution in [2.75, 3.05) is 5.32 Å². The normalized spacial score (nSPS) is 11.5. The molecule has 8 heteroatoms. The predicted octanol–water partition coefficient (Wildman–Crippen LogP) is 5.04. The van der Waals surface area contributed by atoms with Crippen LogP contribution in [0, 0.1) is 0 Å². The van der Waals surface area contributed by atoms with Crippen LogP contribution in [0.4, 0.5) is 5.69 Å². The van der Waals surface area contributed by atoms with Gasteiger partial charge in [-0.1, -0.05) is 71.7 Å². The molecule has 0 saturated carbocycles. The van der Waals surface area contributed by atoms with Gasteiger partial charge in [-0.15, -0.1) is 0 Å². The first-order valence-electron chi connectivity index (χ1n) is 9.70. The maximum Gasteiger partial charge on any atom is 0.326 e. The highest BCUT2D eigenvalue weighted by atomic mass is 35.5. The van der Waals surface area contributed by atoms with E-state index in [-0.39, 0.29) is 27.9 Å². The Labute approximate surface area is 195 Å². The Hall–Kier alpha value is -3.35. The van der Waals surface area contributed by atoms with Crippen molar-refractivity contribution < 1.29 is 19.5 Å². The number of hydrogen-bond donors (Lipinski definition) is 3. The van der Waals surface area contributed by atoms with Crippen molar-refractivity contribution in [2.24, 2.45) is 0 Å². The van der Waals surface area contributed by atoms with Gasteiger partial charge in [-0.2, -0.15) is 0 Å². The van der Waals surface area contributed by atoms with Crippen LogP contribution < -0.4 is 10.6 Å². The molecule has 0 aliphatic carbocycles. The summed E-state index contributed by atoms with van der Waals surface area (Å²) in [6.07, 6.45) is -0.00913. The molecule has 2 amide bonds. The molecule has 0 radical (unpaired) electrons. The first-order valence-corrected chi connectivity index (χ1v) is 10.5. The molecule has 0 aliphatic heterocycles. The molecule has 3 aromatic carbocycles. The lowest BCUT2D eigenvalue weighted by Gasteiger charge is -2.18. The zero-order valence-corrected chi connectivity index (χ0v) is 18.6. The Morgan fingerprint density at radius 2 is 1.59 bits per heavy atom. The van der Waals surface area contributed by atoms with Crippen LogP contribution in [0.3, 0.4) is 0 Å². The molecule has 3 N–H and O–H groups in total. The van der Waals surface area contributed by atoms with E-state index < -0.39 is 17.9 Å². The number of halogens is 2. The van der Waals surface area contributed by atoms with Gasteiger partial charge >= 0.3 is 5.97 Å². The SMILES string of the molecule is CC(=O)Nc1cc(C[C@H](NC(=O)c2c(Cl)cccc2Cl)C(=O)O)ccc1-c1ccccc1. The molecule has 0 spiro atoms. The van der Waals surface area contributed by atoms with E-state index in [0.29, 0.717) is 11.3 Å². The number of nitrogens with one attached hydrogen (secondary N) is 2. The van der Waals surface area contributed by atoms with Gasteiger partial charge in [-0.3, -0.25) is 9.59 Å². The van der Waals surface area contributed by atoms with Gasteiger partial charge in [-0.25, -0.2) is 4.79 Å². The van der Waals surface area contributed by atoms with Gasteiger partial charge in [0, 0.05) is 24.6 Å². The number of hydrogen-bond acceptors (Lipinski definition) is 3. The summed E-state index contributed by atoms with van der Waals surface area (Å²) in [4.78, 5) is 36.2. The van der Waals surface area contributed by atoms with Crippen molar-refractivity contribution in [3.8, 4) is 11.1 Å². The van der Waals surface area contributed by atoms with Crippen LogP contribution in [0.2, 0.25) is 10.0 Å². The van der Waals surface area contributed by atoms with Crippen LogP contribution in [0.25, 0.3) is 11.1 Å². The Morgan fingerprint density at radius 3 is 2.19 bits per heavy atom. The Bertz CT molecular complexity index is 1150. The van der Waals surface area contributed by atoms with Gasteiger partial charge in [0.2, 0.25) is 5.91 Å². The second kappa shape index (κ2) is 10.3. The fourth-order valence-corrected chi connectivity index (χ4v) is 3.83. The third-order valence-corrected chi connectivity index (χ3v) is 5.34. The summed E-state index contributed by atoms with van der Waals surface area (Å²) in [6, 6.07) is 18.1. The lowest BCUT2D eigenvalue weighted by atomic mass is 9.98. The average Bonchev–Trinajstić information content (AvgIpc) is 2.73. The summed E-state index contributed by atoms with van der Waals surface area (Å²) in [5.41, 5.74) is 2.88. The van der Waals surface area contributed by atoms with Crippen molar-refractivity contribution >= 4 is 46.7 Å². The van der Waals surface area contributed by atoms with E-state index in [0.717, 1.165) is 11.1 Å². The van der Waals surface area contributed by atoms with Crippen molar-refractivity contribution in [1.82, 2.24) is 5.32 Å². The van der Waals surface area contributed by atoms with E-state index in [9.17, 15) is 19.5 Å². The van der Waals surface area contributed by atoms with Crippen molar-refractivity contribution in [3.05, 3.63) is 87.9 Å². The lowest BCUT2D eigenvalue weighted by Crippen LogP contribution is -2.42. The molecule has 164 valence electrons. The van der Waals surface area contributed by atoms with Crippen LogP contribution in [0.15, 0.2) is 66.7 Å². The van der Waals surface area contributed by atoms with Gasteiger partial charge in [-0.05, 0) is 29.3 Å². The van der Waals surface area contributed by atoms with Crippen molar-refractivity contribution in [1.29, 1.82) is 0 Å². The third-order valence-electron chi connectivity index (χ3n) is 4.71. The predicted molar refractivity (Wildman–Crippen MR) is 125 cm³/mol. The zero-order valence-electron chi connectivity index (χ0n) is 17.1. The molecular formula is C24H20Cl2N2O4. The van der Waals surface area contributed by atoms with Gasteiger partial charge in [0.05, 0.1) is 15.6 Å². The minimum atomic E-state index is -1.23. The molecule has 3 aromatic rings.